The van der Waals surface area contributed by atoms with Crippen LogP contribution in [0.5, 0.6) is 5.75 Å². The van der Waals surface area contributed by atoms with Crippen molar-refractivity contribution in [1.29, 1.82) is 0 Å². The summed E-state index contributed by atoms with van der Waals surface area (Å²) in [6.07, 6.45) is 6.38. The molecule has 18 heavy (non-hydrogen) atoms. The Kier molecular flexibility index (Phi) is 4.28. The molecule has 0 aliphatic heterocycles. The molecule has 0 unspecified atom stereocenters. The number of benzene rings is 1. The number of hydrogen-bond acceptors (Lipinski definition) is 2. The zero-order valence-electron chi connectivity index (χ0n) is 11.7. The van der Waals surface area contributed by atoms with Crippen LogP contribution in [0.4, 0.5) is 0 Å². The van der Waals surface area contributed by atoms with Gasteiger partial charge in [0.1, 0.15) is 5.75 Å². The van der Waals surface area contributed by atoms with Crippen molar-refractivity contribution in [3.8, 4) is 5.75 Å². The number of nitrogens with two attached hydrogens (primary N) is 1. The lowest BCUT2D eigenvalue weighted by Gasteiger charge is -2.35. The van der Waals surface area contributed by atoms with Crippen LogP contribution in [0.3, 0.4) is 0 Å². The molecule has 2 heteroatoms. The molecule has 0 aromatic heterocycles. The van der Waals surface area contributed by atoms with Crippen molar-refractivity contribution in [2.24, 2.45) is 11.1 Å². The fourth-order valence-electron chi connectivity index (χ4n) is 2.96. The van der Waals surface area contributed by atoms with Crippen LogP contribution in [-0.2, 0) is 0 Å². The minimum absolute atomic E-state index is 0.218. The van der Waals surface area contributed by atoms with Crippen molar-refractivity contribution in [2.45, 2.75) is 46.0 Å². The molecule has 2 rings (SSSR count). The number of rotatable bonds is 4. The van der Waals surface area contributed by atoms with Crippen LogP contribution in [0.25, 0.3) is 0 Å². The smallest absolute Gasteiger partial charge is 0.119 e. The topological polar surface area (TPSA) is 35.2 Å². The summed E-state index contributed by atoms with van der Waals surface area (Å²) in [5.74, 6) is 0.992. The van der Waals surface area contributed by atoms with Gasteiger partial charge in [-0.3, -0.25) is 0 Å². The molecule has 0 radical (unpaired) electrons. The number of aryl methyl sites for hydroxylation is 2. The van der Waals surface area contributed by atoms with E-state index in [-0.39, 0.29) is 5.41 Å². The molecule has 1 saturated carbocycles. The molecule has 0 atom stereocenters. The summed E-state index contributed by atoms with van der Waals surface area (Å²) in [4.78, 5) is 0. The van der Waals surface area contributed by atoms with Gasteiger partial charge in [0.15, 0.2) is 0 Å². The molecule has 1 aliphatic rings. The van der Waals surface area contributed by atoms with E-state index in [2.05, 4.69) is 32.0 Å². The van der Waals surface area contributed by atoms with E-state index in [1.54, 1.807) is 0 Å². The van der Waals surface area contributed by atoms with Crippen molar-refractivity contribution >= 4 is 0 Å². The van der Waals surface area contributed by atoms with Gasteiger partial charge in [0.25, 0.3) is 0 Å². The molecule has 1 aromatic rings. The van der Waals surface area contributed by atoms with Gasteiger partial charge in [-0.1, -0.05) is 25.3 Å². The average molecular weight is 247 g/mol. The minimum Gasteiger partial charge on any atom is -0.493 e. The van der Waals surface area contributed by atoms with Crippen LogP contribution in [0.15, 0.2) is 18.2 Å². The Bertz CT molecular complexity index is 374. The lowest BCUT2D eigenvalue weighted by molar-refractivity contribution is 0.105. The normalized spacial score (nSPS) is 18.6. The van der Waals surface area contributed by atoms with Crippen LogP contribution < -0.4 is 10.5 Å². The largest absolute Gasteiger partial charge is 0.493 e. The van der Waals surface area contributed by atoms with E-state index in [0.717, 1.165) is 18.9 Å². The van der Waals surface area contributed by atoms with Crippen LogP contribution in [-0.4, -0.2) is 13.2 Å². The molecular formula is C16H25NO. The first-order chi connectivity index (χ1) is 8.63. The van der Waals surface area contributed by atoms with Crippen molar-refractivity contribution in [2.75, 3.05) is 13.2 Å². The van der Waals surface area contributed by atoms with Gasteiger partial charge in [-0.15, -0.1) is 0 Å². The quantitative estimate of drug-likeness (QED) is 0.882. The maximum absolute atomic E-state index is 6.02. The maximum Gasteiger partial charge on any atom is 0.119 e. The molecule has 1 aliphatic carbocycles. The second-order valence-corrected chi connectivity index (χ2v) is 5.88. The number of hydrogen-bond donors (Lipinski definition) is 1. The van der Waals surface area contributed by atoms with Crippen LogP contribution >= 0.6 is 0 Å². The Labute approximate surface area is 111 Å². The van der Waals surface area contributed by atoms with Gasteiger partial charge in [-0.25, -0.2) is 0 Å². The Morgan fingerprint density at radius 3 is 2.22 bits per heavy atom. The highest BCUT2D eigenvalue weighted by Crippen LogP contribution is 2.36. The van der Waals surface area contributed by atoms with Gasteiger partial charge >= 0.3 is 0 Å². The second-order valence-electron chi connectivity index (χ2n) is 5.88. The third-order valence-corrected chi connectivity index (χ3v) is 4.09. The van der Waals surface area contributed by atoms with Crippen LogP contribution in [0.1, 0.15) is 43.2 Å². The van der Waals surface area contributed by atoms with E-state index < -0.39 is 0 Å². The summed E-state index contributed by atoms with van der Waals surface area (Å²) in [5.41, 5.74) is 8.72. The highest BCUT2D eigenvalue weighted by Gasteiger charge is 2.31. The van der Waals surface area contributed by atoms with E-state index in [4.69, 9.17) is 10.5 Å². The van der Waals surface area contributed by atoms with Gasteiger partial charge < -0.3 is 10.5 Å². The minimum atomic E-state index is 0.218. The first kappa shape index (κ1) is 13.4. The van der Waals surface area contributed by atoms with Gasteiger partial charge in [0.05, 0.1) is 6.61 Å². The Morgan fingerprint density at radius 2 is 1.67 bits per heavy atom. The van der Waals surface area contributed by atoms with Gasteiger partial charge in [-0.2, -0.15) is 0 Å². The van der Waals surface area contributed by atoms with E-state index in [1.165, 1.54) is 43.2 Å². The summed E-state index contributed by atoms with van der Waals surface area (Å²) < 4.78 is 6.02. The van der Waals surface area contributed by atoms with E-state index in [1.807, 2.05) is 0 Å². The predicted octanol–water partition coefficient (Wildman–Crippen LogP) is 3.59. The van der Waals surface area contributed by atoms with E-state index >= 15 is 0 Å². The first-order valence-electron chi connectivity index (χ1n) is 7.05. The summed E-state index contributed by atoms with van der Waals surface area (Å²) in [6.45, 7) is 5.74. The lowest BCUT2D eigenvalue weighted by atomic mass is 9.75. The SMILES string of the molecule is Cc1cc(C)cc(OCC2(CN)CCCCC2)c1. The molecule has 0 heterocycles. The Hall–Kier alpha value is -1.02. The fraction of sp³-hybridized carbons (Fsp3) is 0.625. The van der Waals surface area contributed by atoms with Crippen molar-refractivity contribution in [3.63, 3.8) is 0 Å². The molecule has 0 saturated heterocycles. The molecule has 1 fully saturated rings. The second kappa shape index (κ2) is 5.75. The monoisotopic (exact) mass is 247 g/mol. The summed E-state index contributed by atoms with van der Waals surface area (Å²) in [5, 5.41) is 0. The van der Waals surface area contributed by atoms with Gasteiger partial charge in [0, 0.05) is 12.0 Å². The third kappa shape index (κ3) is 3.26. The van der Waals surface area contributed by atoms with Crippen LogP contribution in [0.2, 0.25) is 0 Å². The molecule has 1 aromatic carbocycles. The third-order valence-electron chi connectivity index (χ3n) is 4.09. The predicted molar refractivity (Wildman–Crippen MR) is 76.0 cm³/mol. The summed E-state index contributed by atoms with van der Waals surface area (Å²) in [6, 6.07) is 6.40. The summed E-state index contributed by atoms with van der Waals surface area (Å²) in [7, 11) is 0. The summed E-state index contributed by atoms with van der Waals surface area (Å²) >= 11 is 0. The van der Waals surface area contributed by atoms with E-state index in [0.29, 0.717) is 0 Å². The van der Waals surface area contributed by atoms with E-state index in [9.17, 15) is 0 Å². The zero-order valence-corrected chi connectivity index (χ0v) is 11.7. The molecule has 0 spiro atoms. The molecule has 100 valence electrons. The first-order valence-corrected chi connectivity index (χ1v) is 7.05. The van der Waals surface area contributed by atoms with Crippen LogP contribution in [0, 0.1) is 19.3 Å². The lowest BCUT2D eigenvalue weighted by Crippen LogP contribution is -2.38. The Morgan fingerprint density at radius 1 is 1.06 bits per heavy atom. The number of ether oxygens (including phenoxy) is 1. The highest BCUT2D eigenvalue weighted by molar-refractivity contribution is 5.33. The Balaban J connectivity index is 2.00. The van der Waals surface area contributed by atoms with Crippen molar-refractivity contribution in [3.05, 3.63) is 29.3 Å². The maximum atomic E-state index is 6.02. The molecular weight excluding hydrogens is 222 g/mol. The average Bonchev–Trinajstić information content (AvgIpc) is 2.36. The van der Waals surface area contributed by atoms with Gasteiger partial charge in [0.2, 0.25) is 0 Å². The molecule has 2 nitrogen and oxygen atoms in total. The van der Waals surface area contributed by atoms with Crippen molar-refractivity contribution in [1.82, 2.24) is 0 Å². The zero-order chi connectivity index (χ0) is 13.0. The molecule has 0 amide bonds. The molecule has 2 N–H and O–H groups in total. The van der Waals surface area contributed by atoms with Crippen molar-refractivity contribution < 1.29 is 4.74 Å². The fourth-order valence-corrected chi connectivity index (χ4v) is 2.96. The highest BCUT2D eigenvalue weighted by atomic mass is 16.5. The van der Waals surface area contributed by atoms with Gasteiger partial charge in [-0.05, 0) is 49.9 Å². The standard InChI is InChI=1S/C16H25NO/c1-13-8-14(2)10-15(9-13)18-12-16(11-17)6-4-3-5-7-16/h8-10H,3-7,11-12,17H2,1-2H3. The molecule has 0 bridgehead atoms.